The lowest BCUT2D eigenvalue weighted by Crippen LogP contribution is -2.18. The molecule has 7 nitrogen and oxygen atoms in total. The van der Waals surface area contributed by atoms with Crippen molar-refractivity contribution in [3.63, 3.8) is 0 Å². The molecular weight excluding hydrogens is 344 g/mol. The third-order valence-corrected chi connectivity index (χ3v) is 5.16. The fourth-order valence-corrected chi connectivity index (χ4v) is 4.03. The first kappa shape index (κ1) is 18.7. The SMILES string of the molecule is CCOC(=O)c1c(C)[nH]c(C)c1S(=O)(=O)Nc1ccc(C(C)=O)cc1. The van der Waals surface area contributed by atoms with Crippen LogP contribution in [0, 0.1) is 13.8 Å². The Hall–Kier alpha value is -2.61. The van der Waals surface area contributed by atoms with Crippen LogP contribution in [0.1, 0.15) is 46.0 Å². The molecule has 1 aromatic carbocycles. The third kappa shape index (κ3) is 3.90. The molecule has 0 unspecified atom stereocenters. The number of esters is 1. The zero-order valence-corrected chi connectivity index (χ0v) is 15.3. The number of H-pyrrole nitrogens is 1. The van der Waals surface area contributed by atoms with Gasteiger partial charge in [0.15, 0.2) is 5.78 Å². The number of benzene rings is 1. The highest BCUT2D eigenvalue weighted by Gasteiger charge is 2.30. The van der Waals surface area contributed by atoms with Gasteiger partial charge in [0.05, 0.1) is 6.61 Å². The average molecular weight is 364 g/mol. The predicted octanol–water partition coefficient (Wildman–Crippen LogP) is 2.81. The molecule has 0 aliphatic heterocycles. The number of aromatic nitrogens is 1. The number of carbonyl (C=O) groups excluding carboxylic acids is 2. The molecule has 134 valence electrons. The molecule has 0 radical (unpaired) electrons. The summed E-state index contributed by atoms with van der Waals surface area (Å²) >= 11 is 0. The highest BCUT2D eigenvalue weighted by molar-refractivity contribution is 7.92. The fourth-order valence-electron chi connectivity index (χ4n) is 2.52. The van der Waals surface area contributed by atoms with Crippen molar-refractivity contribution >= 4 is 27.5 Å². The number of rotatable bonds is 6. The highest BCUT2D eigenvalue weighted by atomic mass is 32.2. The first-order valence-electron chi connectivity index (χ1n) is 7.67. The number of carbonyl (C=O) groups is 2. The van der Waals surface area contributed by atoms with Gasteiger partial charge in [-0.25, -0.2) is 13.2 Å². The summed E-state index contributed by atoms with van der Waals surface area (Å²) in [5.74, 6) is -0.812. The van der Waals surface area contributed by atoms with Crippen molar-refractivity contribution in [3.8, 4) is 0 Å². The Labute approximate surface area is 146 Å². The second-order valence-electron chi connectivity index (χ2n) is 5.54. The van der Waals surface area contributed by atoms with Crippen molar-refractivity contribution < 1.29 is 22.7 Å². The van der Waals surface area contributed by atoms with Crippen molar-refractivity contribution in [1.82, 2.24) is 4.98 Å². The summed E-state index contributed by atoms with van der Waals surface area (Å²) in [5, 5.41) is 0. The summed E-state index contributed by atoms with van der Waals surface area (Å²) in [6, 6.07) is 6.05. The second kappa shape index (κ2) is 7.10. The average Bonchev–Trinajstić information content (AvgIpc) is 2.83. The topological polar surface area (TPSA) is 105 Å². The van der Waals surface area contributed by atoms with Crippen molar-refractivity contribution in [3.05, 3.63) is 46.8 Å². The molecule has 0 saturated heterocycles. The van der Waals surface area contributed by atoms with Crippen molar-refractivity contribution in [2.24, 2.45) is 0 Å². The van der Waals surface area contributed by atoms with Crippen molar-refractivity contribution in [2.75, 3.05) is 11.3 Å². The maximum absolute atomic E-state index is 12.8. The van der Waals surface area contributed by atoms with E-state index in [2.05, 4.69) is 9.71 Å². The van der Waals surface area contributed by atoms with Gasteiger partial charge in [0, 0.05) is 22.6 Å². The van der Waals surface area contributed by atoms with Gasteiger partial charge in [-0.2, -0.15) is 0 Å². The lowest BCUT2D eigenvalue weighted by Gasteiger charge is -2.10. The number of anilines is 1. The summed E-state index contributed by atoms with van der Waals surface area (Å²) in [4.78, 5) is 26.2. The molecule has 0 saturated carbocycles. The standard InChI is InChI=1S/C17H20N2O5S/c1-5-24-17(21)15-10(2)18-11(3)16(15)25(22,23)19-14-8-6-13(7-9-14)12(4)20/h6-9,18-19H,5H2,1-4H3. The molecule has 0 bridgehead atoms. The molecular formula is C17H20N2O5S. The van der Waals surface area contributed by atoms with E-state index in [0.29, 0.717) is 17.0 Å². The predicted molar refractivity (Wildman–Crippen MR) is 93.5 cm³/mol. The summed E-state index contributed by atoms with van der Waals surface area (Å²) in [6.45, 7) is 6.40. The van der Waals surface area contributed by atoms with Crippen LogP contribution in [0.2, 0.25) is 0 Å². The number of aromatic amines is 1. The lowest BCUT2D eigenvalue weighted by atomic mass is 10.1. The van der Waals surface area contributed by atoms with Gasteiger partial charge < -0.3 is 9.72 Å². The Morgan fingerprint density at radius 1 is 1.12 bits per heavy atom. The minimum atomic E-state index is -4.02. The largest absolute Gasteiger partial charge is 0.462 e. The minimum absolute atomic E-state index is 0.00722. The van der Waals surface area contributed by atoms with Crippen LogP contribution in [0.5, 0.6) is 0 Å². The van der Waals surface area contributed by atoms with E-state index in [4.69, 9.17) is 4.74 Å². The minimum Gasteiger partial charge on any atom is -0.462 e. The molecule has 0 atom stereocenters. The number of ether oxygens (including phenoxy) is 1. The van der Waals surface area contributed by atoms with Crippen LogP contribution >= 0.6 is 0 Å². The molecule has 2 rings (SSSR count). The maximum atomic E-state index is 12.8. The third-order valence-electron chi connectivity index (χ3n) is 3.61. The number of nitrogens with one attached hydrogen (secondary N) is 2. The molecule has 2 N–H and O–H groups in total. The van der Waals surface area contributed by atoms with E-state index in [1.165, 1.54) is 31.2 Å². The number of aryl methyl sites for hydroxylation is 2. The quantitative estimate of drug-likeness (QED) is 0.606. The number of sulfonamides is 1. The zero-order valence-electron chi connectivity index (χ0n) is 14.5. The lowest BCUT2D eigenvalue weighted by molar-refractivity contribution is 0.0521. The molecule has 1 aromatic heterocycles. The summed E-state index contributed by atoms with van der Waals surface area (Å²) in [5.41, 5.74) is 1.52. The number of hydrogen-bond acceptors (Lipinski definition) is 5. The van der Waals surface area contributed by atoms with Gasteiger partial charge >= 0.3 is 5.97 Å². The Morgan fingerprint density at radius 2 is 1.72 bits per heavy atom. The van der Waals surface area contributed by atoms with Crippen LogP contribution < -0.4 is 4.72 Å². The van der Waals surface area contributed by atoms with E-state index in [0.717, 1.165) is 0 Å². The van der Waals surface area contributed by atoms with E-state index in [9.17, 15) is 18.0 Å². The monoisotopic (exact) mass is 364 g/mol. The molecule has 1 heterocycles. The van der Waals surface area contributed by atoms with E-state index in [1.807, 2.05) is 0 Å². The normalized spacial score (nSPS) is 11.2. The zero-order chi connectivity index (χ0) is 18.8. The highest BCUT2D eigenvalue weighted by Crippen LogP contribution is 2.26. The van der Waals surface area contributed by atoms with E-state index in [1.54, 1.807) is 20.8 Å². The molecule has 2 aromatic rings. The Balaban J connectivity index is 2.43. The molecule has 0 aliphatic carbocycles. The Bertz CT molecular complexity index is 911. The maximum Gasteiger partial charge on any atom is 0.341 e. The Morgan fingerprint density at radius 3 is 2.24 bits per heavy atom. The number of hydrogen-bond donors (Lipinski definition) is 2. The van der Waals surface area contributed by atoms with E-state index >= 15 is 0 Å². The van der Waals surface area contributed by atoms with Gasteiger partial charge in [0.1, 0.15) is 10.5 Å². The van der Waals surface area contributed by atoms with Gasteiger partial charge in [-0.3, -0.25) is 9.52 Å². The molecule has 8 heteroatoms. The summed E-state index contributed by atoms with van der Waals surface area (Å²) in [6.07, 6.45) is 0. The second-order valence-corrected chi connectivity index (χ2v) is 7.16. The molecule has 0 fully saturated rings. The van der Waals surface area contributed by atoms with E-state index in [-0.39, 0.29) is 28.5 Å². The van der Waals surface area contributed by atoms with Crippen LogP contribution in [0.3, 0.4) is 0 Å². The van der Waals surface area contributed by atoms with Gasteiger partial charge in [0.25, 0.3) is 10.0 Å². The molecule has 0 aliphatic rings. The molecule has 25 heavy (non-hydrogen) atoms. The van der Waals surface area contributed by atoms with Crippen LogP contribution in [0.4, 0.5) is 5.69 Å². The van der Waals surface area contributed by atoms with Crippen molar-refractivity contribution in [2.45, 2.75) is 32.6 Å². The smallest absolute Gasteiger partial charge is 0.341 e. The van der Waals surface area contributed by atoms with Gasteiger partial charge in [0.2, 0.25) is 0 Å². The Kier molecular flexibility index (Phi) is 5.32. The summed E-state index contributed by atoms with van der Waals surface area (Å²) < 4.78 is 32.9. The summed E-state index contributed by atoms with van der Waals surface area (Å²) in [7, 11) is -4.02. The van der Waals surface area contributed by atoms with Crippen LogP contribution in [0.25, 0.3) is 0 Å². The van der Waals surface area contributed by atoms with Crippen LogP contribution in [-0.4, -0.2) is 31.8 Å². The van der Waals surface area contributed by atoms with Crippen LogP contribution in [-0.2, 0) is 14.8 Å². The van der Waals surface area contributed by atoms with Gasteiger partial charge in [-0.15, -0.1) is 0 Å². The molecule has 0 amide bonds. The number of ketones is 1. The van der Waals surface area contributed by atoms with Crippen LogP contribution in [0.15, 0.2) is 29.2 Å². The van der Waals surface area contributed by atoms with Crippen molar-refractivity contribution in [1.29, 1.82) is 0 Å². The fraction of sp³-hybridized carbons (Fsp3) is 0.294. The van der Waals surface area contributed by atoms with Gasteiger partial charge in [-0.05, 0) is 52.0 Å². The number of Topliss-reactive ketones (excluding diaryl/α,β-unsaturated/α-hetero) is 1. The first-order chi connectivity index (χ1) is 11.7. The van der Waals surface area contributed by atoms with E-state index < -0.39 is 16.0 Å². The first-order valence-corrected chi connectivity index (χ1v) is 9.15. The van der Waals surface area contributed by atoms with Gasteiger partial charge in [-0.1, -0.05) is 0 Å². The molecule has 0 spiro atoms.